The number of benzene rings is 2. The molecule has 0 radical (unpaired) electrons. The van der Waals surface area contributed by atoms with Gasteiger partial charge < -0.3 is 15.3 Å². The highest BCUT2D eigenvalue weighted by atomic mass is 19.4. The van der Waals surface area contributed by atoms with E-state index in [0.29, 0.717) is 23.3 Å². The summed E-state index contributed by atoms with van der Waals surface area (Å²) in [5, 5.41) is 11.7. The number of carboxylic acid groups (broad SMARTS) is 1. The van der Waals surface area contributed by atoms with Crippen LogP contribution in [0.3, 0.4) is 0 Å². The van der Waals surface area contributed by atoms with Crippen LogP contribution in [0.2, 0.25) is 0 Å². The Kier molecular flexibility index (Phi) is 7.32. The van der Waals surface area contributed by atoms with Crippen LogP contribution in [0.1, 0.15) is 40.2 Å². The average molecular weight is 506 g/mol. The second kappa shape index (κ2) is 9.74. The largest absolute Gasteiger partial charge is 0.465 e. The number of hydrogen-bond donors (Lipinski definition) is 2. The van der Waals surface area contributed by atoms with Crippen LogP contribution < -0.4 is 5.32 Å². The molecule has 1 aliphatic heterocycles. The van der Waals surface area contributed by atoms with E-state index in [2.05, 4.69) is 5.32 Å². The van der Waals surface area contributed by atoms with Crippen LogP contribution in [0.5, 0.6) is 0 Å². The van der Waals surface area contributed by atoms with Gasteiger partial charge in [-0.15, -0.1) is 0 Å². The van der Waals surface area contributed by atoms with E-state index in [1.165, 1.54) is 12.1 Å². The summed E-state index contributed by atoms with van der Waals surface area (Å²) in [6.45, 7) is 0.919. The van der Waals surface area contributed by atoms with Crippen LogP contribution in [0.15, 0.2) is 36.4 Å². The van der Waals surface area contributed by atoms with Gasteiger partial charge in [0.25, 0.3) is 0 Å². The lowest BCUT2D eigenvalue weighted by molar-refractivity contribution is -0.143. The molecule has 3 rings (SSSR count). The van der Waals surface area contributed by atoms with Crippen molar-refractivity contribution in [2.24, 2.45) is 5.92 Å². The zero-order valence-electron chi connectivity index (χ0n) is 18.3. The predicted molar refractivity (Wildman–Crippen MR) is 110 cm³/mol. The zero-order chi connectivity index (χ0) is 26.1. The van der Waals surface area contributed by atoms with E-state index in [4.69, 9.17) is 0 Å². The molecule has 0 bridgehead atoms. The predicted octanol–water partition coefficient (Wildman–Crippen LogP) is 5.57. The Morgan fingerprint density at radius 3 is 2.14 bits per heavy atom. The van der Waals surface area contributed by atoms with Crippen LogP contribution in [-0.2, 0) is 23.7 Å². The Hall–Kier alpha value is -3.31. The molecule has 35 heavy (non-hydrogen) atoms. The van der Waals surface area contributed by atoms with Gasteiger partial charge in [0.15, 0.2) is 0 Å². The Morgan fingerprint density at radius 1 is 1.03 bits per heavy atom. The lowest BCUT2D eigenvalue weighted by atomic mass is 9.78. The van der Waals surface area contributed by atoms with Gasteiger partial charge in [0, 0.05) is 31.5 Å². The quantitative estimate of drug-likeness (QED) is 0.533. The van der Waals surface area contributed by atoms with Gasteiger partial charge in [-0.2, -0.15) is 26.3 Å². The van der Waals surface area contributed by atoms with Crippen LogP contribution in [0.25, 0.3) is 0 Å². The maximum atomic E-state index is 13.6. The molecule has 1 fully saturated rings. The lowest BCUT2D eigenvalue weighted by Gasteiger charge is -2.37. The number of nitrogens with zero attached hydrogens (tertiary/aromatic N) is 1. The van der Waals surface area contributed by atoms with Crippen molar-refractivity contribution in [3.63, 3.8) is 0 Å². The van der Waals surface area contributed by atoms with Crippen molar-refractivity contribution in [2.45, 2.75) is 38.2 Å². The molecule has 2 amide bonds. The molecule has 2 aromatic rings. The number of amides is 2. The van der Waals surface area contributed by atoms with Crippen molar-refractivity contribution in [2.75, 3.05) is 13.1 Å². The summed E-state index contributed by atoms with van der Waals surface area (Å²) in [6.07, 6.45) is -11.2. The Labute approximate surface area is 195 Å². The third-order valence-corrected chi connectivity index (χ3v) is 5.97. The topological polar surface area (TPSA) is 69.6 Å². The van der Waals surface area contributed by atoms with Crippen molar-refractivity contribution in [3.05, 3.63) is 70.0 Å². The first-order valence-electron chi connectivity index (χ1n) is 10.5. The van der Waals surface area contributed by atoms with E-state index >= 15 is 0 Å². The van der Waals surface area contributed by atoms with E-state index < -0.39 is 65.2 Å². The molecule has 1 saturated heterocycles. The Balaban J connectivity index is 1.86. The van der Waals surface area contributed by atoms with Crippen molar-refractivity contribution >= 4 is 12.0 Å². The van der Waals surface area contributed by atoms with Crippen LogP contribution >= 0.6 is 0 Å². The number of carbonyl (C=O) groups is 2. The first-order chi connectivity index (χ1) is 16.2. The molecular formula is C23H21F7N2O3. The summed E-state index contributed by atoms with van der Waals surface area (Å²) >= 11 is 0. The van der Waals surface area contributed by atoms with Crippen molar-refractivity contribution in [1.82, 2.24) is 10.2 Å². The molecule has 2 N–H and O–H groups in total. The van der Waals surface area contributed by atoms with Gasteiger partial charge in [-0.1, -0.05) is 6.07 Å². The highest BCUT2D eigenvalue weighted by Gasteiger charge is 2.39. The molecule has 0 aliphatic carbocycles. The van der Waals surface area contributed by atoms with Gasteiger partial charge in [-0.05, 0) is 60.4 Å². The van der Waals surface area contributed by atoms with Gasteiger partial charge in [0.2, 0.25) is 5.91 Å². The van der Waals surface area contributed by atoms with Crippen LogP contribution in [0, 0.1) is 18.7 Å². The second-order valence-corrected chi connectivity index (χ2v) is 8.36. The van der Waals surface area contributed by atoms with E-state index in [0.717, 1.165) is 11.0 Å². The third kappa shape index (κ3) is 6.23. The number of aryl methyl sites for hydroxylation is 1. The van der Waals surface area contributed by atoms with E-state index in [1.54, 1.807) is 6.92 Å². The molecular weight excluding hydrogens is 485 g/mol. The summed E-state index contributed by atoms with van der Waals surface area (Å²) in [5.41, 5.74) is -2.38. The highest BCUT2D eigenvalue weighted by Crippen LogP contribution is 2.37. The van der Waals surface area contributed by atoms with Crippen molar-refractivity contribution in [1.29, 1.82) is 0 Å². The molecule has 0 aromatic heterocycles. The molecule has 5 nitrogen and oxygen atoms in total. The Bertz CT molecular complexity index is 1080. The maximum absolute atomic E-state index is 13.6. The van der Waals surface area contributed by atoms with E-state index in [1.807, 2.05) is 0 Å². The zero-order valence-corrected chi connectivity index (χ0v) is 18.3. The van der Waals surface area contributed by atoms with Crippen LogP contribution in [-0.4, -0.2) is 35.1 Å². The van der Waals surface area contributed by atoms with E-state index in [-0.39, 0.29) is 25.6 Å². The minimum atomic E-state index is -5.02. The first-order valence-corrected chi connectivity index (χ1v) is 10.5. The number of alkyl halides is 6. The summed E-state index contributed by atoms with van der Waals surface area (Å²) in [4.78, 5) is 25.5. The molecule has 12 heteroatoms. The maximum Gasteiger partial charge on any atom is 0.416 e. The summed E-state index contributed by atoms with van der Waals surface area (Å²) in [5.74, 6) is -2.70. The van der Waals surface area contributed by atoms with Gasteiger partial charge in [-0.3, -0.25) is 4.79 Å². The Morgan fingerprint density at radius 2 is 1.63 bits per heavy atom. The third-order valence-electron chi connectivity index (χ3n) is 5.97. The second-order valence-electron chi connectivity index (χ2n) is 8.36. The number of hydrogen-bond acceptors (Lipinski definition) is 2. The molecule has 1 heterocycles. The number of likely N-dealkylation sites (tertiary alicyclic amines) is 1. The van der Waals surface area contributed by atoms with Gasteiger partial charge in [0.05, 0.1) is 11.1 Å². The molecule has 190 valence electrons. The summed E-state index contributed by atoms with van der Waals surface area (Å²) in [6, 6.07) is 4.89. The molecule has 0 unspecified atom stereocenters. The fraction of sp³-hybridized carbons (Fsp3) is 0.391. The fourth-order valence-electron chi connectivity index (χ4n) is 4.25. The SMILES string of the molecule is Cc1cc(F)ccc1[C@@H]1CN(C(=O)O)CC[C@@H]1C(=O)NCc1cc(C(F)(F)F)cc(C(F)(F)F)c1. The summed E-state index contributed by atoms with van der Waals surface area (Å²) in [7, 11) is 0. The first kappa shape index (κ1) is 26.3. The summed E-state index contributed by atoms with van der Waals surface area (Å²) < 4.78 is 92.2. The van der Waals surface area contributed by atoms with Crippen molar-refractivity contribution in [3.8, 4) is 0 Å². The number of nitrogens with one attached hydrogen (secondary N) is 1. The number of carbonyl (C=O) groups excluding carboxylic acids is 1. The van der Waals surface area contributed by atoms with Gasteiger partial charge in [-0.25, -0.2) is 9.18 Å². The fourth-order valence-corrected chi connectivity index (χ4v) is 4.25. The minimum Gasteiger partial charge on any atom is -0.465 e. The number of rotatable bonds is 4. The molecule has 0 spiro atoms. The molecule has 2 atom stereocenters. The molecule has 2 aromatic carbocycles. The van der Waals surface area contributed by atoms with Crippen LogP contribution in [0.4, 0.5) is 35.5 Å². The normalized spacial score (nSPS) is 18.9. The van der Waals surface area contributed by atoms with Gasteiger partial charge in [0.1, 0.15) is 5.82 Å². The minimum absolute atomic E-state index is 0.000284. The average Bonchev–Trinajstić information content (AvgIpc) is 2.75. The smallest absolute Gasteiger partial charge is 0.416 e. The molecule has 1 aliphatic rings. The molecule has 0 saturated carbocycles. The monoisotopic (exact) mass is 506 g/mol. The lowest BCUT2D eigenvalue weighted by Crippen LogP contribution is -2.47. The highest BCUT2D eigenvalue weighted by molar-refractivity contribution is 5.80. The number of halogens is 7. The number of piperidine rings is 1. The van der Waals surface area contributed by atoms with E-state index in [9.17, 15) is 45.4 Å². The van der Waals surface area contributed by atoms with Crippen molar-refractivity contribution < 1.29 is 45.4 Å². The van der Waals surface area contributed by atoms with Gasteiger partial charge >= 0.3 is 18.4 Å². The standard InChI is InChI=1S/C23H21F7N2O3/c1-12-6-16(24)2-3-17(12)19-11-32(21(34)35)5-4-18(19)20(33)31-10-13-7-14(22(25,26)27)9-15(8-13)23(28,29)30/h2-3,6-9,18-19H,4-5,10-11H2,1H3,(H,31,33)(H,34,35)/t18-,19-/m0/s1.